The summed E-state index contributed by atoms with van der Waals surface area (Å²) in [6.07, 6.45) is 0.270. The average molecular weight is 626 g/mol. The Hall–Kier alpha value is -3.94. The first kappa shape index (κ1) is 29.5. The molecular formula is C35H37BrN4O2. The molecule has 1 aliphatic rings. The molecule has 1 fully saturated rings. The van der Waals surface area contributed by atoms with Crippen LogP contribution >= 0.6 is 15.9 Å². The number of nitrogens with zero attached hydrogens (tertiary/aromatic N) is 3. The van der Waals surface area contributed by atoms with E-state index < -0.39 is 0 Å². The number of nitrogens with one attached hydrogen (secondary N) is 1. The molecule has 1 N–H and O–H groups in total. The van der Waals surface area contributed by atoms with E-state index in [9.17, 15) is 9.59 Å². The van der Waals surface area contributed by atoms with Gasteiger partial charge in [0, 0.05) is 49.3 Å². The number of benzene rings is 4. The number of carbonyl (C=O) groups is 2. The molecule has 0 bridgehead atoms. The average Bonchev–Trinajstić information content (AvgIpc) is 3.04. The summed E-state index contributed by atoms with van der Waals surface area (Å²) >= 11 is 3.44. The lowest BCUT2D eigenvalue weighted by molar-refractivity contribution is -0.133. The van der Waals surface area contributed by atoms with E-state index in [0.29, 0.717) is 25.3 Å². The van der Waals surface area contributed by atoms with E-state index >= 15 is 0 Å². The van der Waals surface area contributed by atoms with Gasteiger partial charge in [0.2, 0.25) is 5.91 Å². The number of rotatable bonds is 9. The fourth-order valence-corrected chi connectivity index (χ4v) is 5.86. The van der Waals surface area contributed by atoms with Gasteiger partial charge in [-0.3, -0.25) is 9.69 Å². The highest BCUT2D eigenvalue weighted by atomic mass is 79.9. The summed E-state index contributed by atoms with van der Waals surface area (Å²) in [7, 11) is 0. The summed E-state index contributed by atoms with van der Waals surface area (Å²) < 4.78 is 0.944. The molecule has 0 aromatic heterocycles. The van der Waals surface area contributed by atoms with Gasteiger partial charge < -0.3 is 15.1 Å². The van der Waals surface area contributed by atoms with Gasteiger partial charge >= 0.3 is 6.03 Å². The summed E-state index contributed by atoms with van der Waals surface area (Å²) in [5.74, 6) is 0.0762. The normalized spacial score (nSPS) is 14.4. The van der Waals surface area contributed by atoms with Crippen molar-refractivity contribution in [3.63, 3.8) is 0 Å². The summed E-state index contributed by atoms with van der Waals surface area (Å²) in [5, 5.41) is 3.01. The molecule has 6 nitrogen and oxygen atoms in total. The summed E-state index contributed by atoms with van der Waals surface area (Å²) in [6.45, 7) is 5.23. The number of anilines is 1. The van der Waals surface area contributed by atoms with Crippen LogP contribution in [0.2, 0.25) is 0 Å². The smallest absolute Gasteiger partial charge is 0.322 e. The second-order valence-corrected chi connectivity index (χ2v) is 11.5. The van der Waals surface area contributed by atoms with Crippen LogP contribution in [0.25, 0.3) is 0 Å². The molecule has 1 unspecified atom stereocenters. The van der Waals surface area contributed by atoms with Gasteiger partial charge in [-0.15, -0.1) is 0 Å². The molecule has 3 amide bonds. The third-order valence-corrected chi connectivity index (χ3v) is 8.46. The molecule has 4 aromatic carbocycles. The highest BCUT2D eigenvalue weighted by Crippen LogP contribution is 2.30. The number of amides is 3. The minimum Gasteiger partial charge on any atom is -0.340 e. The van der Waals surface area contributed by atoms with Crippen LogP contribution in [-0.2, 0) is 4.79 Å². The molecule has 1 atom stereocenters. The zero-order valence-electron chi connectivity index (χ0n) is 23.9. The monoisotopic (exact) mass is 624 g/mol. The molecular weight excluding hydrogens is 588 g/mol. The number of urea groups is 1. The van der Waals surface area contributed by atoms with Crippen LogP contribution in [0.1, 0.15) is 42.1 Å². The number of hydrogen-bond donors (Lipinski definition) is 1. The summed E-state index contributed by atoms with van der Waals surface area (Å²) in [5.41, 5.74) is 4.25. The molecule has 216 valence electrons. The van der Waals surface area contributed by atoms with E-state index in [0.717, 1.165) is 23.1 Å². The lowest BCUT2D eigenvalue weighted by Gasteiger charge is -2.40. The summed E-state index contributed by atoms with van der Waals surface area (Å²) in [6, 6.07) is 38.3. The molecule has 4 aromatic rings. The van der Waals surface area contributed by atoms with Crippen molar-refractivity contribution in [2.45, 2.75) is 25.4 Å². The zero-order valence-corrected chi connectivity index (χ0v) is 25.5. The minimum atomic E-state index is -0.222. The second kappa shape index (κ2) is 14.3. The molecule has 0 aliphatic carbocycles. The van der Waals surface area contributed by atoms with Crippen molar-refractivity contribution in [3.05, 3.63) is 136 Å². The Kier molecular flexibility index (Phi) is 10.1. The first-order valence-electron chi connectivity index (χ1n) is 14.5. The Bertz CT molecular complexity index is 1390. The van der Waals surface area contributed by atoms with Crippen LogP contribution < -0.4 is 5.32 Å². The van der Waals surface area contributed by atoms with Crippen molar-refractivity contribution in [3.8, 4) is 0 Å². The molecule has 1 saturated heterocycles. The maximum atomic E-state index is 13.5. The lowest BCUT2D eigenvalue weighted by atomic mass is 9.96. The zero-order chi connectivity index (χ0) is 29.3. The summed E-state index contributed by atoms with van der Waals surface area (Å²) in [4.78, 5) is 33.1. The first-order valence-corrected chi connectivity index (χ1v) is 15.3. The molecule has 42 heavy (non-hydrogen) atoms. The van der Waals surface area contributed by atoms with Crippen LogP contribution in [0.4, 0.5) is 10.5 Å². The molecule has 0 saturated carbocycles. The Labute approximate surface area is 257 Å². The Balaban J connectivity index is 1.23. The van der Waals surface area contributed by atoms with Crippen molar-refractivity contribution in [2.75, 3.05) is 38.0 Å². The highest BCUT2D eigenvalue weighted by molar-refractivity contribution is 9.10. The van der Waals surface area contributed by atoms with Gasteiger partial charge in [-0.2, -0.15) is 0 Å². The predicted octanol–water partition coefficient (Wildman–Crippen LogP) is 7.37. The van der Waals surface area contributed by atoms with Crippen molar-refractivity contribution < 1.29 is 9.59 Å². The maximum Gasteiger partial charge on any atom is 0.322 e. The van der Waals surface area contributed by atoms with Crippen molar-refractivity contribution in [2.24, 2.45) is 0 Å². The number of hydrogen-bond acceptors (Lipinski definition) is 3. The Morgan fingerprint density at radius 2 is 1.24 bits per heavy atom. The fraction of sp³-hybridized carbons (Fsp3) is 0.257. The van der Waals surface area contributed by atoms with Gasteiger partial charge in [0.15, 0.2) is 0 Å². The van der Waals surface area contributed by atoms with E-state index in [-0.39, 0.29) is 30.4 Å². The minimum absolute atomic E-state index is 0.0762. The van der Waals surface area contributed by atoms with Gasteiger partial charge in [0.1, 0.15) is 0 Å². The predicted molar refractivity (Wildman–Crippen MR) is 172 cm³/mol. The van der Waals surface area contributed by atoms with Crippen molar-refractivity contribution in [1.29, 1.82) is 0 Å². The quantitative estimate of drug-likeness (QED) is 0.211. The van der Waals surface area contributed by atoms with Crippen LogP contribution in [-0.4, -0.2) is 59.4 Å². The van der Waals surface area contributed by atoms with E-state index in [4.69, 9.17) is 0 Å². The molecule has 5 rings (SSSR count). The van der Waals surface area contributed by atoms with E-state index in [1.165, 1.54) is 11.1 Å². The Morgan fingerprint density at radius 3 is 1.76 bits per heavy atom. The molecule has 1 aliphatic heterocycles. The van der Waals surface area contributed by atoms with Gasteiger partial charge in [-0.05, 0) is 47.9 Å². The molecule has 0 radical (unpaired) electrons. The van der Waals surface area contributed by atoms with E-state index in [1.807, 2.05) is 78.6 Å². The van der Waals surface area contributed by atoms with Crippen molar-refractivity contribution in [1.82, 2.24) is 14.7 Å². The topological polar surface area (TPSA) is 55.9 Å². The molecule has 7 heteroatoms. The van der Waals surface area contributed by atoms with Crippen LogP contribution in [0.3, 0.4) is 0 Å². The largest absolute Gasteiger partial charge is 0.340 e. The highest BCUT2D eigenvalue weighted by Gasteiger charge is 2.29. The fourth-order valence-electron chi connectivity index (χ4n) is 5.60. The SMILES string of the molecule is CC(c1ccccc1)N(CCC(=O)N1CCN(C(c2ccccc2)c2ccccc2)CC1)C(=O)Nc1ccc(Br)cc1. The third kappa shape index (κ3) is 7.46. The maximum absolute atomic E-state index is 13.5. The van der Waals surface area contributed by atoms with Gasteiger partial charge in [-0.25, -0.2) is 4.79 Å². The second-order valence-electron chi connectivity index (χ2n) is 10.6. The molecule has 1 heterocycles. The first-order chi connectivity index (χ1) is 20.5. The van der Waals surface area contributed by atoms with Crippen LogP contribution in [0.15, 0.2) is 120 Å². The number of halogens is 1. The van der Waals surface area contributed by atoms with Crippen LogP contribution in [0.5, 0.6) is 0 Å². The van der Waals surface area contributed by atoms with E-state index in [2.05, 4.69) is 74.7 Å². The lowest BCUT2D eigenvalue weighted by Crippen LogP contribution is -2.50. The van der Waals surface area contributed by atoms with Gasteiger partial charge in [0.25, 0.3) is 0 Å². The van der Waals surface area contributed by atoms with Gasteiger partial charge in [0.05, 0.1) is 12.1 Å². The standard InChI is InChI=1S/C35H37BrN4O2/c1-27(28-11-5-2-6-12-28)40(35(42)37-32-19-17-31(36)18-20-32)22-21-33(41)38-23-25-39(26-24-38)34(29-13-7-3-8-14-29)30-15-9-4-10-16-30/h2-20,27,34H,21-26H2,1H3,(H,37,42). The van der Waals surface area contributed by atoms with Crippen molar-refractivity contribution >= 4 is 33.6 Å². The molecule has 0 spiro atoms. The van der Waals surface area contributed by atoms with E-state index in [1.54, 1.807) is 4.90 Å². The number of piperazine rings is 1. The van der Waals surface area contributed by atoms with Crippen LogP contribution in [0, 0.1) is 0 Å². The Morgan fingerprint density at radius 1 is 0.738 bits per heavy atom. The van der Waals surface area contributed by atoms with Gasteiger partial charge in [-0.1, -0.05) is 107 Å². The number of carbonyl (C=O) groups excluding carboxylic acids is 2. The third-order valence-electron chi connectivity index (χ3n) is 7.94.